The van der Waals surface area contributed by atoms with E-state index in [2.05, 4.69) is 18.9 Å². The van der Waals surface area contributed by atoms with Crippen molar-refractivity contribution in [2.75, 3.05) is 0 Å². The van der Waals surface area contributed by atoms with E-state index in [1.807, 2.05) is 0 Å². The lowest BCUT2D eigenvalue weighted by molar-refractivity contribution is 0.112. The summed E-state index contributed by atoms with van der Waals surface area (Å²) in [5.74, 6) is -1.58. The number of rotatable bonds is 4. The average Bonchev–Trinajstić information content (AvgIpc) is 2.79. The van der Waals surface area contributed by atoms with Crippen LogP contribution in [0.5, 0.6) is 0 Å². The molecule has 0 atom stereocenters. The van der Waals surface area contributed by atoms with E-state index in [-0.39, 0.29) is 5.56 Å². The Morgan fingerprint density at radius 3 is 2.63 bits per heavy atom. The number of hydrogen-bond acceptors (Lipinski definition) is 2. The molecule has 0 N–H and O–H groups in total. The Kier molecular flexibility index (Phi) is 3.74. The fourth-order valence-corrected chi connectivity index (χ4v) is 1.89. The topological polar surface area (TPSA) is 34.9 Å². The van der Waals surface area contributed by atoms with Crippen LogP contribution in [0.15, 0.2) is 24.5 Å². The quantitative estimate of drug-likeness (QED) is 0.794. The second kappa shape index (κ2) is 5.30. The third kappa shape index (κ3) is 2.86. The summed E-state index contributed by atoms with van der Waals surface area (Å²) in [4.78, 5) is 10.9. The fraction of sp³-hybridized carbons (Fsp3) is 0.286. The molecule has 100 valence electrons. The van der Waals surface area contributed by atoms with E-state index in [9.17, 15) is 13.6 Å². The summed E-state index contributed by atoms with van der Waals surface area (Å²) in [5.41, 5.74) is 1.06. The first-order valence-electron chi connectivity index (χ1n) is 5.98. The zero-order chi connectivity index (χ0) is 14.0. The van der Waals surface area contributed by atoms with E-state index < -0.39 is 11.6 Å². The molecule has 19 heavy (non-hydrogen) atoms. The number of aromatic nitrogens is 2. The number of hydrogen-bond donors (Lipinski definition) is 0. The van der Waals surface area contributed by atoms with Gasteiger partial charge in [0.15, 0.2) is 17.9 Å². The van der Waals surface area contributed by atoms with E-state index in [0.717, 1.165) is 18.7 Å². The van der Waals surface area contributed by atoms with E-state index in [0.29, 0.717) is 23.3 Å². The van der Waals surface area contributed by atoms with E-state index in [1.54, 1.807) is 17.1 Å². The molecule has 0 aliphatic carbocycles. The molecule has 2 aromatic rings. The number of halogens is 2. The lowest BCUT2D eigenvalue weighted by Gasteiger charge is -2.05. The van der Waals surface area contributed by atoms with Gasteiger partial charge >= 0.3 is 0 Å². The van der Waals surface area contributed by atoms with E-state index in [1.165, 1.54) is 0 Å². The second-order valence-electron chi connectivity index (χ2n) is 4.82. The van der Waals surface area contributed by atoms with Crippen molar-refractivity contribution in [3.8, 4) is 11.1 Å². The normalized spacial score (nSPS) is 11.0. The maximum atomic E-state index is 13.3. The van der Waals surface area contributed by atoms with Crippen molar-refractivity contribution >= 4 is 6.29 Å². The van der Waals surface area contributed by atoms with Crippen LogP contribution in [0.4, 0.5) is 8.78 Å². The van der Waals surface area contributed by atoms with Crippen molar-refractivity contribution in [1.29, 1.82) is 0 Å². The van der Waals surface area contributed by atoms with Crippen LogP contribution in [0.1, 0.15) is 24.2 Å². The lowest BCUT2D eigenvalue weighted by Crippen LogP contribution is -2.04. The monoisotopic (exact) mass is 264 g/mol. The summed E-state index contributed by atoms with van der Waals surface area (Å²) in [6.07, 6.45) is 3.78. The molecule has 0 aliphatic heterocycles. The summed E-state index contributed by atoms with van der Waals surface area (Å²) in [6.45, 7) is 4.83. The van der Waals surface area contributed by atoms with Crippen molar-refractivity contribution in [2.45, 2.75) is 20.4 Å². The van der Waals surface area contributed by atoms with Crippen molar-refractivity contribution in [3.05, 3.63) is 41.7 Å². The first kappa shape index (κ1) is 13.4. The van der Waals surface area contributed by atoms with Gasteiger partial charge in [0.25, 0.3) is 0 Å². The standard InChI is InChI=1S/C14H14F2N2O/c1-9(2)6-18-7-11(5-17-18)12-4-14(16)13(15)3-10(12)8-19/h3-5,7-9H,6H2,1-2H3. The Morgan fingerprint density at radius 2 is 2.00 bits per heavy atom. The van der Waals surface area contributed by atoms with Gasteiger partial charge in [0.2, 0.25) is 0 Å². The van der Waals surface area contributed by atoms with Crippen LogP contribution in [-0.2, 0) is 6.54 Å². The molecule has 5 heteroatoms. The Morgan fingerprint density at radius 1 is 1.32 bits per heavy atom. The molecule has 3 nitrogen and oxygen atoms in total. The van der Waals surface area contributed by atoms with Crippen LogP contribution in [0.25, 0.3) is 11.1 Å². The van der Waals surface area contributed by atoms with Crippen molar-refractivity contribution in [1.82, 2.24) is 9.78 Å². The minimum absolute atomic E-state index is 0.114. The van der Waals surface area contributed by atoms with Gasteiger partial charge in [0.1, 0.15) is 0 Å². The molecule has 1 aromatic carbocycles. The first-order valence-corrected chi connectivity index (χ1v) is 5.98. The molecule has 0 bridgehead atoms. The highest BCUT2D eigenvalue weighted by atomic mass is 19.2. The van der Waals surface area contributed by atoms with E-state index in [4.69, 9.17) is 0 Å². The molecule has 0 saturated heterocycles. The molecule has 2 rings (SSSR count). The highest BCUT2D eigenvalue weighted by molar-refractivity contribution is 5.87. The highest BCUT2D eigenvalue weighted by Gasteiger charge is 2.12. The molecule has 0 unspecified atom stereocenters. The smallest absolute Gasteiger partial charge is 0.159 e. The molecule has 0 saturated carbocycles. The molecule has 1 aromatic heterocycles. The Hall–Kier alpha value is -2.04. The predicted molar refractivity (Wildman–Crippen MR) is 67.8 cm³/mol. The van der Waals surface area contributed by atoms with Gasteiger partial charge < -0.3 is 0 Å². The van der Waals surface area contributed by atoms with Gasteiger partial charge in [-0.3, -0.25) is 9.48 Å². The third-order valence-electron chi connectivity index (χ3n) is 2.72. The van der Waals surface area contributed by atoms with E-state index >= 15 is 0 Å². The van der Waals surface area contributed by atoms with Crippen molar-refractivity contribution in [3.63, 3.8) is 0 Å². The van der Waals surface area contributed by atoms with Crippen LogP contribution in [0.2, 0.25) is 0 Å². The first-order chi connectivity index (χ1) is 9.01. The molecule has 0 aliphatic rings. The summed E-state index contributed by atoms with van der Waals surface area (Å²) in [6, 6.07) is 1.92. The molecule has 0 spiro atoms. The van der Waals surface area contributed by atoms with Crippen LogP contribution >= 0.6 is 0 Å². The number of carbonyl (C=O) groups is 1. The molecule has 0 amide bonds. The molecule has 0 radical (unpaired) electrons. The van der Waals surface area contributed by atoms with Crippen LogP contribution in [-0.4, -0.2) is 16.1 Å². The van der Waals surface area contributed by atoms with Crippen molar-refractivity contribution < 1.29 is 13.6 Å². The van der Waals surface area contributed by atoms with Gasteiger partial charge in [-0.1, -0.05) is 13.8 Å². The lowest BCUT2D eigenvalue weighted by atomic mass is 10.0. The van der Waals surface area contributed by atoms with Gasteiger partial charge in [-0.15, -0.1) is 0 Å². The zero-order valence-electron chi connectivity index (χ0n) is 10.7. The Bertz CT molecular complexity index is 605. The summed E-state index contributed by atoms with van der Waals surface area (Å²) >= 11 is 0. The van der Waals surface area contributed by atoms with Gasteiger partial charge in [-0.05, 0) is 23.6 Å². The maximum absolute atomic E-state index is 13.3. The van der Waals surface area contributed by atoms with Gasteiger partial charge in [-0.2, -0.15) is 5.10 Å². The number of benzene rings is 1. The largest absolute Gasteiger partial charge is 0.298 e. The minimum atomic E-state index is -1.03. The number of carbonyl (C=O) groups excluding carboxylic acids is 1. The molecular formula is C14H14F2N2O. The average molecular weight is 264 g/mol. The minimum Gasteiger partial charge on any atom is -0.298 e. The SMILES string of the molecule is CC(C)Cn1cc(-c2cc(F)c(F)cc2C=O)cn1. The second-order valence-corrected chi connectivity index (χ2v) is 4.82. The molecule has 0 fully saturated rings. The van der Waals surface area contributed by atoms with Crippen LogP contribution in [0, 0.1) is 17.6 Å². The van der Waals surface area contributed by atoms with Gasteiger partial charge in [0.05, 0.1) is 6.20 Å². The molecule has 1 heterocycles. The highest BCUT2D eigenvalue weighted by Crippen LogP contribution is 2.25. The van der Waals surface area contributed by atoms with Crippen molar-refractivity contribution in [2.24, 2.45) is 5.92 Å². The van der Waals surface area contributed by atoms with Gasteiger partial charge in [0, 0.05) is 23.9 Å². The fourth-order valence-electron chi connectivity index (χ4n) is 1.89. The zero-order valence-corrected chi connectivity index (χ0v) is 10.7. The Balaban J connectivity index is 2.43. The maximum Gasteiger partial charge on any atom is 0.159 e. The number of aldehydes is 1. The third-order valence-corrected chi connectivity index (χ3v) is 2.72. The Labute approximate surface area is 109 Å². The predicted octanol–water partition coefficient (Wildman–Crippen LogP) is 3.30. The summed E-state index contributed by atoms with van der Waals surface area (Å²) in [5, 5.41) is 4.14. The molecular weight excluding hydrogens is 250 g/mol. The summed E-state index contributed by atoms with van der Waals surface area (Å²) < 4.78 is 28.1. The van der Waals surface area contributed by atoms with Crippen LogP contribution in [0.3, 0.4) is 0 Å². The van der Waals surface area contributed by atoms with Crippen LogP contribution < -0.4 is 0 Å². The number of nitrogens with zero attached hydrogens (tertiary/aromatic N) is 2. The van der Waals surface area contributed by atoms with Gasteiger partial charge in [-0.25, -0.2) is 8.78 Å². The summed E-state index contributed by atoms with van der Waals surface area (Å²) in [7, 11) is 0.